The Hall–Kier alpha value is -0.200. The summed E-state index contributed by atoms with van der Waals surface area (Å²) in [7, 11) is 1.36. The zero-order valence-corrected chi connectivity index (χ0v) is 6.17. The molecular weight excluding hydrogens is 152 g/mol. The summed E-state index contributed by atoms with van der Waals surface area (Å²) in [5, 5.41) is 27.2. The van der Waals surface area contributed by atoms with Crippen LogP contribution in [0.2, 0.25) is 0 Å². The highest BCUT2D eigenvalue weighted by molar-refractivity contribution is 4.81. The first-order valence-electron chi connectivity index (χ1n) is 3.35. The van der Waals surface area contributed by atoms with Crippen LogP contribution in [0, 0.1) is 0 Å². The van der Waals surface area contributed by atoms with Gasteiger partial charge in [-0.1, -0.05) is 0 Å². The van der Waals surface area contributed by atoms with Crippen LogP contribution >= 0.6 is 0 Å². The summed E-state index contributed by atoms with van der Waals surface area (Å²) in [4.78, 5) is 0. The Bertz CT molecular complexity index is 126. The van der Waals surface area contributed by atoms with E-state index in [1.807, 2.05) is 0 Å². The van der Waals surface area contributed by atoms with Gasteiger partial charge in [0.05, 0.1) is 6.61 Å². The quantitative estimate of drug-likeness (QED) is 0.420. The summed E-state index contributed by atoms with van der Waals surface area (Å²) in [5.74, 6) is 0. The van der Waals surface area contributed by atoms with Crippen LogP contribution in [0.5, 0.6) is 0 Å². The minimum Gasteiger partial charge on any atom is -0.388 e. The van der Waals surface area contributed by atoms with Gasteiger partial charge in [0.2, 0.25) is 0 Å². The average molecular weight is 164 g/mol. The van der Waals surface area contributed by atoms with Crippen LogP contribution < -0.4 is 0 Å². The minimum absolute atomic E-state index is 0.0171. The molecule has 11 heavy (non-hydrogen) atoms. The molecule has 0 aromatic heterocycles. The standard InChI is InChI=1S/C6H12O5/c1-10-6-5(9)4(8)3(7)2-11-6/h3-9H,2H2,1H3/t3-,4?,5+,6?/m0/s1. The van der Waals surface area contributed by atoms with Crippen LogP contribution in [-0.2, 0) is 9.47 Å². The van der Waals surface area contributed by atoms with Gasteiger partial charge in [0.25, 0.3) is 0 Å². The number of aliphatic hydroxyl groups is 3. The molecule has 0 spiro atoms. The average Bonchev–Trinajstić information content (AvgIpc) is 2.01. The molecule has 0 aromatic carbocycles. The van der Waals surface area contributed by atoms with Crippen LogP contribution in [-0.4, -0.2) is 53.6 Å². The fourth-order valence-corrected chi connectivity index (χ4v) is 0.987. The molecule has 0 aliphatic carbocycles. The molecule has 5 nitrogen and oxygen atoms in total. The second-order valence-corrected chi connectivity index (χ2v) is 2.49. The van der Waals surface area contributed by atoms with Gasteiger partial charge in [0.15, 0.2) is 6.29 Å². The molecule has 5 heteroatoms. The highest BCUT2D eigenvalue weighted by atomic mass is 16.7. The predicted molar refractivity (Wildman–Crippen MR) is 34.8 cm³/mol. The van der Waals surface area contributed by atoms with Crippen molar-refractivity contribution in [2.45, 2.75) is 24.6 Å². The van der Waals surface area contributed by atoms with E-state index in [0.29, 0.717) is 0 Å². The van der Waals surface area contributed by atoms with Crippen LogP contribution in [0.25, 0.3) is 0 Å². The van der Waals surface area contributed by atoms with E-state index in [0.717, 1.165) is 0 Å². The first-order valence-corrected chi connectivity index (χ1v) is 3.35. The lowest BCUT2D eigenvalue weighted by atomic mass is 10.1. The topological polar surface area (TPSA) is 79.2 Å². The van der Waals surface area contributed by atoms with Gasteiger partial charge in [-0.15, -0.1) is 0 Å². The zero-order chi connectivity index (χ0) is 8.43. The number of hydrogen-bond donors (Lipinski definition) is 3. The molecule has 4 atom stereocenters. The van der Waals surface area contributed by atoms with Gasteiger partial charge in [-0.05, 0) is 0 Å². The van der Waals surface area contributed by atoms with E-state index in [-0.39, 0.29) is 6.61 Å². The first kappa shape index (κ1) is 8.89. The van der Waals surface area contributed by atoms with Gasteiger partial charge < -0.3 is 24.8 Å². The van der Waals surface area contributed by atoms with E-state index in [9.17, 15) is 0 Å². The Morgan fingerprint density at radius 3 is 2.45 bits per heavy atom. The summed E-state index contributed by atoms with van der Waals surface area (Å²) in [6.45, 7) is -0.0171. The molecule has 1 saturated heterocycles. The highest BCUT2D eigenvalue weighted by Crippen LogP contribution is 2.15. The Labute approximate surface area is 64.2 Å². The van der Waals surface area contributed by atoms with E-state index in [1.54, 1.807) is 0 Å². The van der Waals surface area contributed by atoms with Crippen molar-refractivity contribution in [1.29, 1.82) is 0 Å². The first-order chi connectivity index (χ1) is 5.16. The van der Waals surface area contributed by atoms with Gasteiger partial charge in [0, 0.05) is 7.11 Å². The summed E-state index contributed by atoms with van der Waals surface area (Å²) >= 11 is 0. The molecule has 0 saturated carbocycles. The molecule has 1 rings (SSSR count). The monoisotopic (exact) mass is 164 g/mol. The molecule has 0 amide bonds. The maximum atomic E-state index is 9.15. The predicted octanol–water partition coefficient (Wildman–Crippen LogP) is -1.93. The van der Waals surface area contributed by atoms with Crippen LogP contribution in [0.3, 0.4) is 0 Å². The van der Waals surface area contributed by atoms with Gasteiger partial charge in [-0.25, -0.2) is 0 Å². The van der Waals surface area contributed by atoms with Crippen molar-refractivity contribution < 1.29 is 24.8 Å². The number of ether oxygens (including phenoxy) is 2. The molecule has 1 heterocycles. The third-order valence-electron chi connectivity index (χ3n) is 1.69. The lowest BCUT2D eigenvalue weighted by molar-refractivity contribution is -0.261. The van der Waals surface area contributed by atoms with Gasteiger partial charge in [-0.3, -0.25) is 0 Å². The van der Waals surface area contributed by atoms with Crippen molar-refractivity contribution in [3.05, 3.63) is 0 Å². The largest absolute Gasteiger partial charge is 0.388 e. The molecule has 0 radical (unpaired) electrons. The third kappa shape index (κ3) is 1.69. The maximum absolute atomic E-state index is 9.15. The van der Waals surface area contributed by atoms with E-state index in [4.69, 9.17) is 20.1 Å². The molecule has 3 N–H and O–H groups in total. The number of hydrogen-bond acceptors (Lipinski definition) is 5. The zero-order valence-electron chi connectivity index (χ0n) is 6.17. The van der Waals surface area contributed by atoms with Crippen molar-refractivity contribution in [3.63, 3.8) is 0 Å². The second kappa shape index (κ2) is 3.46. The fraction of sp³-hybridized carbons (Fsp3) is 1.00. The Kier molecular flexibility index (Phi) is 2.80. The summed E-state index contributed by atoms with van der Waals surface area (Å²) in [5.41, 5.74) is 0. The van der Waals surface area contributed by atoms with Crippen molar-refractivity contribution >= 4 is 0 Å². The molecule has 2 unspecified atom stereocenters. The Morgan fingerprint density at radius 2 is 1.91 bits per heavy atom. The van der Waals surface area contributed by atoms with Crippen LogP contribution in [0.15, 0.2) is 0 Å². The number of aliphatic hydroxyl groups excluding tert-OH is 3. The Morgan fingerprint density at radius 1 is 1.27 bits per heavy atom. The van der Waals surface area contributed by atoms with E-state index < -0.39 is 24.6 Å². The van der Waals surface area contributed by atoms with Crippen molar-refractivity contribution in [2.75, 3.05) is 13.7 Å². The van der Waals surface area contributed by atoms with E-state index in [2.05, 4.69) is 4.74 Å². The van der Waals surface area contributed by atoms with Crippen LogP contribution in [0.4, 0.5) is 0 Å². The summed E-state index contributed by atoms with van der Waals surface area (Å²) in [6.07, 6.45) is -4.23. The Balaban J connectivity index is 2.52. The molecule has 66 valence electrons. The third-order valence-corrected chi connectivity index (χ3v) is 1.69. The SMILES string of the molecule is COC1OC[C@H](O)C(O)[C@H]1O. The van der Waals surface area contributed by atoms with Gasteiger partial charge in [-0.2, -0.15) is 0 Å². The van der Waals surface area contributed by atoms with Crippen molar-refractivity contribution in [3.8, 4) is 0 Å². The molecule has 1 aliphatic rings. The van der Waals surface area contributed by atoms with Crippen LogP contribution in [0.1, 0.15) is 0 Å². The molecular formula is C6H12O5. The molecule has 1 aliphatic heterocycles. The molecule has 0 aromatic rings. The number of rotatable bonds is 1. The number of methoxy groups -OCH3 is 1. The van der Waals surface area contributed by atoms with Crippen molar-refractivity contribution in [1.82, 2.24) is 0 Å². The second-order valence-electron chi connectivity index (χ2n) is 2.49. The van der Waals surface area contributed by atoms with E-state index in [1.165, 1.54) is 7.11 Å². The smallest absolute Gasteiger partial charge is 0.185 e. The lowest BCUT2D eigenvalue weighted by Gasteiger charge is -2.33. The van der Waals surface area contributed by atoms with Gasteiger partial charge >= 0.3 is 0 Å². The minimum atomic E-state index is -1.19. The highest BCUT2D eigenvalue weighted by Gasteiger charge is 2.37. The molecule has 1 fully saturated rings. The summed E-state index contributed by atoms with van der Waals surface area (Å²) < 4.78 is 9.52. The normalized spacial score (nSPS) is 45.8. The maximum Gasteiger partial charge on any atom is 0.185 e. The molecule has 0 bridgehead atoms. The lowest BCUT2D eigenvalue weighted by Crippen LogP contribution is -2.53. The fourth-order valence-electron chi connectivity index (χ4n) is 0.987. The summed E-state index contributed by atoms with van der Waals surface area (Å²) in [6, 6.07) is 0. The van der Waals surface area contributed by atoms with Gasteiger partial charge in [0.1, 0.15) is 18.3 Å². The van der Waals surface area contributed by atoms with E-state index >= 15 is 0 Å². The van der Waals surface area contributed by atoms with Crippen molar-refractivity contribution in [2.24, 2.45) is 0 Å².